The predicted molar refractivity (Wildman–Crippen MR) is 173 cm³/mol. The van der Waals surface area contributed by atoms with Crippen LogP contribution in [0.4, 0.5) is 0 Å². The first-order valence-electron chi connectivity index (χ1n) is 17.6. The molecule has 0 spiro atoms. The molecule has 56 heavy (non-hydrogen) atoms. The molecule has 0 aromatic heterocycles. The van der Waals surface area contributed by atoms with Crippen molar-refractivity contribution in [2.75, 3.05) is 19.8 Å². The van der Waals surface area contributed by atoms with Gasteiger partial charge < -0.3 is 110 Å². The fourth-order valence-electron chi connectivity index (χ4n) is 6.99. The molecule has 4 heterocycles. The Morgan fingerprint density at radius 2 is 1.30 bits per heavy atom. The highest BCUT2D eigenvalue weighted by atomic mass is 16.8. The van der Waals surface area contributed by atoms with E-state index in [9.17, 15) is 80.8 Å². The van der Waals surface area contributed by atoms with Gasteiger partial charge in [0.25, 0.3) is 5.79 Å². The van der Waals surface area contributed by atoms with Crippen molar-refractivity contribution in [1.82, 2.24) is 10.6 Å². The topological polar surface area (TPSA) is 403 Å². The van der Waals surface area contributed by atoms with Crippen LogP contribution >= 0.6 is 0 Å². The fraction of sp³-hybridized carbons (Fsp3) is 0.903. The Balaban J connectivity index is 1.72. The predicted octanol–water partition coefficient (Wildman–Crippen LogP) is -9.23. The van der Waals surface area contributed by atoms with Crippen molar-refractivity contribution in [3.05, 3.63) is 0 Å². The van der Waals surface area contributed by atoms with Crippen LogP contribution in [0.1, 0.15) is 27.2 Å². The summed E-state index contributed by atoms with van der Waals surface area (Å²) in [6, 6.07) is -3.27. The van der Waals surface area contributed by atoms with Crippen LogP contribution in [0.2, 0.25) is 0 Å². The zero-order chi connectivity index (χ0) is 42.0. The summed E-state index contributed by atoms with van der Waals surface area (Å²) in [5.41, 5.74) is 0. The molecule has 0 aromatic rings. The number of aliphatic hydroxyl groups excluding tert-OH is 12. The van der Waals surface area contributed by atoms with Crippen LogP contribution in [0.5, 0.6) is 0 Å². The van der Waals surface area contributed by atoms with Crippen molar-refractivity contribution >= 4 is 17.8 Å². The first-order chi connectivity index (χ1) is 26.2. The number of carbonyl (C=O) groups is 3. The third kappa shape index (κ3) is 9.74. The highest BCUT2D eigenvalue weighted by Gasteiger charge is 2.60. The molecule has 4 aliphatic heterocycles. The van der Waals surface area contributed by atoms with E-state index in [0.29, 0.717) is 0 Å². The van der Waals surface area contributed by atoms with E-state index in [1.807, 2.05) is 0 Å². The summed E-state index contributed by atoms with van der Waals surface area (Å²) >= 11 is 0. The maximum absolute atomic E-state index is 12.9. The average Bonchev–Trinajstić information content (AvgIpc) is 3.14. The molecule has 0 aromatic carbocycles. The maximum atomic E-state index is 12.9. The number of carboxylic acid groups (broad SMARTS) is 1. The zero-order valence-corrected chi connectivity index (χ0v) is 30.3. The fourth-order valence-corrected chi connectivity index (χ4v) is 6.99. The summed E-state index contributed by atoms with van der Waals surface area (Å²) < 4.78 is 39.7. The summed E-state index contributed by atoms with van der Waals surface area (Å²) in [4.78, 5) is 37.0. The lowest BCUT2D eigenvalue weighted by Crippen LogP contribution is -2.71. The van der Waals surface area contributed by atoms with Crippen molar-refractivity contribution in [2.24, 2.45) is 0 Å². The average molecular weight is 821 g/mol. The van der Waals surface area contributed by atoms with Gasteiger partial charge in [-0.1, -0.05) is 0 Å². The second-order valence-corrected chi connectivity index (χ2v) is 14.0. The third-order valence-electron chi connectivity index (χ3n) is 9.94. The Bertz CT molecular complexity index is 1330. The first kappa shape index (κ1) is 46.3. The van der Waals surface area contributed by atoms with E-state index < -0.39 is 172 Å². The SMILES string of the molecule is CC(=O)NC1[C@@H](O[C@@H]2OC(CO)C(O)[C@H](O[C@]3(C(=O)O)CC(O)C(NC(C)=O)[C@H]([C@H](O)[C@H](O)CO)O3)C2O)C(O[C@@H]2O[C@@H](C)C(O)C(O)C2O)C(CO)O[C@H]1O. The smallest absolute Gasteiger partial charge is 0.364 e. The van der Waals surface area contributed by atoms with Gasteiger partial charge in [-0.15, -0.1) is 0 Å². The molecular weight excluding hydrogens is 768 g/mol. The number of carbonyl (C=O) groups excluding carboxylic acids is 2. The monoisotopic (exact) mass is 820 g/mol. The van der Waals surface area contributed by atoms with Gasteiger partial charge in [-0.3, -0.25) is 9.59 Å². The summed E-state index contributed by atoms with van der Waals surface area (Å²) in [5.74, 6) is -6.72. The molecule has 11 unspecified atom stereocenters. The van der Waals surface area contributed by atoms with Gasteiger partial charge in [0.15, 0.2) is 18.9 Å². The molecule has 4 fully saturated rings. The van der Waals surface area contributed by atoms with Crippen molar-refractivity contribution < 1.29 is 114 Å². The Morgan fingerprint density at radius 3 is 1.86 bits per heavy atom. The lowest BCUT2D eigenvalue weighted by molar-refractivity contribution is -0.389. The summed E-state index contributed by atoms with van der Waals surface area (Å²) in [6.45, 7) is 0.296. The summed E-state index contributed by atoms with van der Waals surface area (Å²) in [6.07, 6.45) is -35.2. The van der Waals surface area contributed by atoms with Crippen LogP contribution in [-0.2, 0) is 47.5 Å². The highest BCUT2D eigenvalue weighted by molar-refractivity contribution is 5.76. The molecule has 25 heteroatoms. The number of nitrogens with one attached hydrogen (secondary N) is 2. The molecule has 324 valence electrons. The number of ether oxygens (including phenoxy) is 7. The summed E-state index contributed by atoms with van der Waals surface area (Å²) in [5, 5.41) is 142. The van der Waals surface area contributed by atoms with Crippen LogP contribution < -0.4 is 10.6 Å². The second-order valence-electron chi connectivity index (χ2n) is 14.0. The highest BCUT2D eigenvalue weighted by Crippen LogP contribution is 2.39. The molecule has 4 saturated heterocycles. The first-order valence-corrected chi connectivity index (χ1v) is 17.6. The van der Waals surface area contributed by atoms with E-state index >= 15 is 0 Å². The van der Waals surface area contributed by atoms with Crippen molar-refractivity contribution in [3.63, 3.8) is 0 Å². The number of rotatable bonds is 14. The van der Waals surface area contributed by atoms with Gasteiger partial charge in [0, 0.05) is 20.3 Å². The van der Waals surface area contributed by atoms with Crippen molar-refractivity contribution in [2.45, 2.75) is 155 Å². The quantitative estimate of drug-likeness (QED) is 0.0773. The van der Waals surface area contributed by atoms with Crippen LogP contribution in [-0.4, -0.2) is 232 Å². The molecule has 2 amide bonds. The molecule has 0 saturated carbocycles. The number of hydrogen-bond acceptors (Lipinski definition) is 22. The molecule has 21 atom stereocenters. The van der Waals surface area contributed by atoms with E-state index in [-0.39, 0.29) is 0 Å². The van der Waals surface area contributed by atoms with Crippen molar-refractivity contribution in [3.8, 4) is 0 Å². The lowest BCUT2D eigenvalue weighted by atomic mass is 9.88. The van der Waals surface area contributed by atoms with Gasteiger partial charge in [-0.25, -0.2) is 4.79 Å². The largest absolute Gasteiger partial charge is 0.477 e. The molecule has 15 N–H and O–H groups in total. The van der Waals surface area contributed by atoms with Gasteiger partial charge in [0.05, 0.1) is 38.1 Å². The van der Waals surface area contributed by atoms with Gasteiger partial charge in [0.2, 0.25) is 11.8 Å². The molecule has 0 bridgehead atoms. The van der Waals surface area contributed by atoms with Crippen LogP contribution in [0.3, 0.4) is 0 Å². The third-order valence-corrected chi connectivity index (χ3v) is 9.94. The molecule has 0 radical (unpaired) electrons. The minimum absolute atomic E-state index is 0.785. The standard InChI is InChI=1S/C31H52N2O23/c1-8-17(41)20(44)21(45)28(50-8)53-23-14(7-36)51-27(47)16(33-10(3)38)25(23)54-29-22(46)26(19(43)13(6-35)52-29)56-31(30(48)49)4-11(39)15(32-9(2)37)24(55-31)18(42)12(40)5-34/h8,11-29,34-36,39-47H,4-7H2,1-3H3,(H,32,37)(H,33,38)(H,48,49)/t8-,11?,12+,13?,14?,15?,16?,17?,18+,19?,20?,21?,22?,23?,24+,25+,26-,27+,28-,29-,31-/m0/s1. The second kappa shape index (κ2) is 19.1. The van der Waals surface area contributed by atoms with E-state index in [2.05, 4.69) is 10.6 Å². The van der Waals surface area contributed by atoms with Crippen LogP contribution in [0.25, 0.3) is 0 Å². The Morgan fingerprint density at radius 1 is 0.732 bits per heavy atom. The van der Waals surface area contributed by atoms with Crippen LogP contribution in [0.15, 0.2) is 0 Å². The normalized spacial score (nSPS) is 45.7. The van der Waals surface area contributed by atoms with E-state index in [1.54, 1.807) is 0 Å². The Hall–Kier alpha value is -2.35. The zero-order valence-electron chi connectivity index (χ0n) is 30.3. The number of aliphatic hydroxyl groups is 12. The minimum Gasteiger partial charge on any atom is -0.477 e. The number of aliphatic carboxylic acids is 1. The number of carboxylic acids is 1. The Kier molecular flexibility index (Phi) is 15.8. The van der Waals surface area contributed by atoms with E-state index in [0.717, 1.165) is 13.8 Å². The summed E-state index contributed by atoms with van der Waals surface area (Å²) in [7, 11) is 0. The Labute approximate surface area is 317 Å². The molecular formula is C31H52N2O23. The maximum Gasteiger partial charge on any atom is 0.364 e. The number of amides is 2. The van der Waals surface area contributed by atoms with Gasteiger partial charge >= 0.3 is 5.97 Å². The molecule has 25 nitrogen and oxygen atoms in total. The van der Waals surface area contributed by atoms with Gasteiger partial charge in [0.1, 0.15) is 85.4 Å². The molecule has 4 rings (SSSR count). The molecule has 4 aliphatic rings. The van der Waals surface area contributed by atoms with Gasteiger partial charge in [-0.05, 0) is 6.92 Å². The van der Waals surface area contributed by atoms with Crippen molar-refractivity contribution in [1.29, 1.82) is 0 Å². The van der Waals surface area contributed by atoms with E-state index in [1.165, 1.54) is 6.92 Å². The van der Waals surface area contributed by atoms with Crippen LogP contribution in [0, 0.1) is 0 Å². The minimum atomic E-state index is -3.12. The lowest BCUT2D eigenvalue weighted by Gasteiger charge is -2.51. The van der Waals surface area contributed by atoms with E-state index in [4.69, 9.17) is 33.2 Å². The number of hydrogen-bond donors (Lipinski definition) is 15. The molecule has 0 aliphatic carbocycles. The van der Waals surface area contributed by atoms with Gasteiger partial charge in [-0.2, -0.15) is 0 Å².